The van der Waals surface area contributed by atoms with Crippen LogP contribution in [0.3, 0.4) is 0 Å². The summed E-state index contributed by atoms with van der Waals surface area (Å²) >= 11 is 12.3. The lowest BCUT2D eigenvalue weighted by Crippen LogP contribution is -2.55. The zero-order valence-corrected chi connectivity index (χ0v) is 16.7. The van der Waals surface area contributed by atoms with Crippen LogP contribution in [0.25, 0.3) is 0 Å². The van der Waals surface area contributed by atoms with Crippen LogP contribution in [0, 0.1) is 0 Å². The lowest BCUT2D eigenvalue weighted by Gasteiger charge is -2.44. The Hall–Kier alpha value is -1.46. The van der Waals surface area contributed by atoms with Gasteiger partial charge < -0.3 is 15.0 Å². The Morgan fingerprint density at radius 1 is 1.15 bits per heavy atom. The number of halogens is 2. The van der Waals surface area contributed by atoms with Gasteiger partial charge in [-0.1, -0.05) is 42.5 Å². The molecule has 1 spiro atoms. The molecule has 1 aliphatic carbocycles. The van der Waals surface area contributed by atoms with Gasteiger partial charge in [-0.05, 0) is 25.0 Å². The second kappa shape index (κ2) is 7.51. The Kier molecular flexibility index (Phi) is 5.26. The van der Waals surface area contributed by atoms with Gasteiger partial charge in [0.05, 0.1) is 17.0 Å². The summed E-state index contributed by atoms with van der Waals surface area (Å²) in [6.07, 6.45) is 7.32. The van der Waals surface area contributed by atoms with E-state index >= 15 is 0 Å². The number of carbonyl (C=O) groups is 2. The van der Waals surface area contributed by atoms with Crippen molar-refractivity contribution in [3.8, 4) is 5.75 Å². The number of hydrogen-bond acceptors (Lipinski definition) is 3. The van der Waals surface area contributed by atoms with Crippen LogP contribution in [0.15, 0.2) is 12.1 Å². The number of amides is 2. The van der Waals surface area contributed by atoms with E-state index in [0.29, 0.717) is 59.8 Å². The summed E-state index contributed by atoms with van der Waals surface area (Å²) in [5, 5.41) is 3.96. The van der Waals surface area contributed by atoms with E-state index in [0.717, 1.165) is 12.8 Å². The molecule has 3 aliphatic rings. The Bertz CT molecular complexity index is 754. The Morgan fingerprint density at radius 3 is 2.56 bits per heavy atom. The number of hydrogen-bond donors (Lipinski definition) is 1. The number of likely N-dealkylation sites (tertiary alicyclic amines) is 1. The van der Waals surface area contributed by atoms with E-state index in [2.05, 4.69) is 5.32 Å². The highest BCUT2D eigenvalue weighted by molar-refractivity contribution is 6.36. The Balaban J connectivity index is 1.41. The van der Waals surface area contributed by atoms with Gasteiger partial charge in [0.1, 0.15) is 11.4 Å². The van der Waals surface area contributed by atoms with Gasteiger partial charge in [-0.15, -0.1) is 0 Å². The highest BCUT2D eigenvalue weighted by Crippen LogP contribution is 2.44. The van der Waals surface area contributed by atoms with Crippen LogP contribution >= 0.6 is 23.2 Å². The maximum atomic E-state index is 12.7. The summed E-state index contributed by atoms with van der Waals surface area (Å²) in [7, 11) is 0. The minimum absolute atomic E-state index is 0.000701. The highest BCUT2D eigenvalue weighted by Gasteiger charge is 2.44. The number of nitrogens with one attached hydrogen (secondary N) is 1. The van der Waals surface area contributed by atoms with E-state index < -0.39 is 5.60 Å². The van der Waals surface area contributed by atoms with Crippen molar-refractivity contribution in [3.05, 3.63) is 27.7 Å². The van der Waals surface area contributed by atoms with Gasteiger partial charge in [0, 0.05) is 37.0 Å². The number of carbonyl (C=O) groups excluding carboxylic acids is 2. The van der Waals surface area contributed by atoms with E-state index in [1.54, 1.807) is 12.1 Å². The topological polar surface area (TPSA) is 58.6 Å². The predicted octanol–water partition coefficient (Wildman–Crippen LogP) is 4.84. The average Bonchev–Trinajstić information content (AvgIpc) is 2.64. The third-order valence-electron chi connectivity index (χ3n) is 6.00. The van der Waals surface area contributed by atoms with E-state index in [1.807, 2.05) is 4.90 Å². The normalized spacial score (nSPS) is 22.3. The summed E-state index contributed by atoms with van der Waals surface area (Å²) in [4.78, 5) is 27.1. The molecule has 1 saturated heterocycles. The summed E-state index contributed by atoms with van der Waals surface area (Å²) < 4.78 is 6.22. The maximum absolute atomic E-state index is 12.7. The molecule has 27 heavy (non-hydrogen) atoms. The molecule has 2 amide bonds. The fraction of sp³-hybridized carbons (Fsp3) is 0.600. The maximum Gasteiger partial charge on any atom is 0.317 e. The van der Waals surface area contributed by atoms with Crippen molar-refractivity contribution < 1.29 is 14.3 Å². The lowest BCUT2D eigenvalue weighted by molar-refractivity contribution is -0.000881. The molecule has 0 unspecified atom stereocenters. The molecule has 0 aromatic heterocycles. The van der Waals surface area contributed by atoms with Crippen molar-refractivity contribution in [2.75, 3.05) is 13.1 Å². The van der Waals surface area contributed by atoms with Gasteiger partial charge in [-0.2, -0.15) is 0 Å². The van der Waals surface area contributed by atoms with Crippen LogP contribution in [0.2, 0.25) is 10.0 Å². The smallest absolute Gasteiger partial charge is 0.317 e. The standard InChI is InChI=1S/C20H24Cl2N2O3/c21-13-10-15-17(25)12-20(27-18(15)16(22)11-13)6-8-24(9-7-20)19(26)23-14-4-2-1-3-5-14/h10-11,14H,1-9,12H2,(H,23,26). The zero-order chi connectivity index (χ0) is 19.0. The summed E-state index contributed by atoms with van der Waals surface area (Å²) in [5.74, 6) is 0.429. The molecular formula is C20H24Cl2N2O3. The molecule has 4 rings (SSSR count). The monoisotopic (exact) mass is 410 g/mol. The fourth-order valence-electron chi connectivity index (χ4n) is 4.42. The molecule has 146 valence electrons. The number of piperidine rings is 1. The van der Waals surface area contributed by atoms with Crippen LogP contribution in [0.4, 0.5) is 4.79 Å². The van der Waals surface area contributed by atoms with Gasteiger partial charge in [0.25, 0.3) is 0 Å². The summed E-state index contributed by atoms with van der Waals surface area (Å²) in [6, 6.07) is 3.51. The van der Waals surface area contributed by atoms with Crippen LogP contribution in [-0.2, 0) is 0 Å². The molecule has 1 aromatic rings. The van der Waals surface area contributed by atoms with Crippen LogP contribution in [0.1, 0.15) is 61.7 Å². The molecule has 2 aliphatic heterocycles. The first-order valence-corrected chi connectivity index (χ1v) is 10.5. The minimum Gasteiger partial charge on any atom is -0.484 e. The summed E-state index contributed by atoms with van der Waals surface area (Å²) in [5.41, 5.74) is -0.126. The van der Waals surface area contributed by atoms with E-state index in [9.17, 15) is 9.59 Å². The first-order chi connectivity index (χ1) is 13.0. The van der Waals surface area contributed by atoms with Gasteiger partial charge in [0.2, 0.25) is 0 Å². The number of urea groups is 1. The van der Waals surface area contributed by atoms with E-state index in [1.165, 1.54) is 19.3 Å². The first-order valence-electron chi connectivity index (χ1n) is 9.72. The van der Waals surface area contributed by atoms with Crippen molar-refractivity contribution in [2.24, 2.45) is 0 Å². The molecule has 1 N–H and O–H groups in total. The molecule has 2 fully saturated rings. The molecule has 0 radical (unpaired) electrons. The number of ether oxygens (including phenoxy) is 1. The van der Waals surface area contributed by atoms with E-state index in [-0.39, 0.29) is 11.8 Å². The largest absolute Gasteiger partial charge is 0.484 e. The van der Waals surface area contributed by atoms with Crippen molar-refractivity contribution in [1.29, 1.82) is 0 Å². The van der Waals surface area contributed by atoms with Gasteiger partial charge in [-0.25, -0.2) is 4.79 Å². The van der Waals surface area contributed by atoms with Crippen molar-refractivity contribution >= 4 is 35.0 Å². The Labute approximate surface area is 169 Å². The highest BCUT2D eigenvalue weighted by atomic mass is 35.5. The zero-order valence-electron chi connectivity index (χ0n) is 15.2. The molecule has 5 nitrogen and oxygen atoms in total. The van der Waals surface area contributed by atoms with Gasteiger partial charge in [-0.3, -0.25) is 4.79 Å². The number of Topliss-reactive ketones (excluding diaryl/α,β-unsaturated/α-hetero) is 1. The third kappa shape index (κ3) is 3.90. The molecule has 0 atom stereocenters. The van der Waals surface area contributed by atoms with Gasteiger partial charge >= 0.3 is 6.03 Å². The molecule has 7 heteroatoms. The average molecular weight is 411 g/mol. The minimum atomic E-state index is -0.580. The van der Waals surface area contributed by atoms with Crippen LogP contribution in [0.5, 0.6) is 5.75 Å². The van der Waals surface area contributed by atoms with Gasteiger partial charge in [0.15, 0.2) is 5.78 Å². The van der Waals surface area contributed by atoms with Crippen molar-refractivity contribution in [2.45, 2.75) is 63.0 Å². The number of nitrogens with zero attached hydrogens (tertiary/aromatic N) is 1. The summed E-state index contributed by atoms with van der Waals surface area (Å²) in [6.45, 7) is 1.15. The Morgan fingerprint density at radius 2 is 1.85 bits per heavy atom. The lowest BCUT2D eigenvalue weighted by atomic mass is 9.82. The second-order valence-corrected chi connectivity index (χ2v) is 8.76. The first kappa shape index (κ1) is 18.9. The number of fused-ring (bicyclic) bond motifs is 1. The number of rotatable bonds is 1. The molecule has 0 bridgehead atoms. The van der Waals surface area contributed by atoms with Crippen molar-refractivity contribution in [1.82, 2.24) is 10.2 Å². The molecular weight excluding hydrogens is 387 g/mol. The number of ketones is 1. The van der Waals surface area contributed by atoms with E-state index in [4.69, 9.17) is 27.9 Å². The molecule has 2 heterocycles. The fourth-order valence-corrected chi connectivity index (χ4v) is 4.95. The molecule has 1 saturated carbocycles. The van der Waals surface area contributed by atoms with Crippen LogP contribution < -0.4 is 10.1 Å². The predicted molar refractivity (Wildman–Crippen MR) is 105 cm³/mol. The SMILES string of the molecule is O=C1CC2(CCN(C(=O)NC3CCCCC3)CC2)Oc2c(Cl)cc(Cl)cc21. The third-order valence-corrected chi connectivity index (χ3v) is 6.50. The van der Waals surface area contributed by atoms with Crippen molar-refractivity contribution in [3.63, 3.8) is 0 Å². The quantitative estimate of drug-likeness (QED) is 0.720. The van der Waals surface area contributed by atoms with Crippen LogP contribution in [-0.4, -0.2) is 41.4 Å². The number of benzene rings is 1. The molecule has 1 aromatic carbocycles. The second-order valence-electron chi connectivity index (χ2n) is 7.92.